The molecule has 0 saturated carbocycles. The summed E-state index contributed by atoms with van der Waals surface area (Å²) in [6, 6.07) is 2.82. The molecule has 1 amide bonds. The van der Waals surface area contributed by atoms with Gasteiger partial charge in [0.15, 0.2) is 17.5 Å². The van der Waals surface area contributed by atoms with Crippen molar-refractivity contribution in [3.8, 4) is 0 Å². The zero-order chi connectivity index (χ0) is 15.7. The van der Waals surface area contributed by atoms with Gasteiger partial charge in [-0.05, 0) is 23.8 Å². The third kappa shape index (κ3) is 3.61. The Balaban J connectivity index is 0.00000242. The Labute approximate surface area is 134 Å². The van der Waals surface area contributed by atoms with Crippen LogP contribution in [0.1, 0.15) is 15.9 Å². The van der Waals surface area contributed by atoms with E-state index in [2.05, 4.69) is 0 Å². The van der Waals surface area contributed by atoms with E-state index in [9.17, 15) is 18.0 Å². The van der Waals surface area contributed by atoms with Gasteiger partial charge in [-0.2, -0.15) is 0 Å². The number of benzene rings is 1. The Morgan fingerprint density at radius 3 is 2.27 bits per heavy atom. The van der Waals surface area contributed by atoms with E-state index in [4.69, 9.17) is 22.7 Å². The molecule has 1 aromatic carbocycles. The first-order valence-electron chi connectivity index (χ1n) is 5.67. The van der Waals surface area contributed by atoms with Gasteiger partial charge in [-0.25, -0.2) is 13.2 Å². The third-order valence-electron chi connectivity index (χ3n) is 2.77. The third-order valence-corrected chi connectivity index (χ3v) is 2.97. The second kappa shape index (κ2) is 6.85. The minimum absolute atomic E-state index is 0. The van der Waals surface area contributed by atoms with Crippen molar-refractivity contribution in [2.24, 2.45) is 5.73 Å². The fraction of sp³-hybridized carbons (Fsp3) is 0.0769. The number of amides is 1. The molecule has 4 nitrogen and oxygen atoms in total. The van der Waals surface area contributed by atoms with E-state index in [1.165, 1.54) is 16.8 Å². The molecule has 2 aromatic rings. The normalized spacial score (nSPS) is 10.2. The maximum Gasteiger partial charge on any atom is 0.252 e. The highest BCUT2D eigenvalue weighted by molar-refractivity contribution is 6.30. The minimum atomic E-state index is -1.57. The average Bonchev–Trinajstić information content (AvgIpc) is 2.39. The first-order chi connectivity index (χ1) is 9.79. The number of aromatic nitrogens is 1. The van der Waals surface area contributed by atoms with Crippen molar-refractivity contribution < 1.29 is 18.0 Å². The number of carbonyl (C=O) groups is 1. The van der Waals surface area contributed by atoms with E-state index in [1.54, 1.807) is 0 Å². The summed E-state index contributed by atoms with van der Waals surface area (Å²) in [4.78, 5) is 11.2. The lowest BCUT2D eigenvalue weighted by molar-refractivity contribution is 0.0997. The van der Waals surface area contributed by atoms with Crippen molar-refractivity contribution >= 4 is 29.9 Å². The summed E-state index contributed by atoms with van der Waals surface area (Å²) in [5.74, 6) is -5.10. The number of nitrogens with two attached hydrogens (primary N) is 1. The molecule has 0 bridgehead atoms. The summed E-state index contributed by atoms with van der Waals surface area (Å²) in [7, 11) is 0. The Hall–Kier alpha value is -1.99. The predicted octanol–water partition coefficient (Wildman–Crippen LogP) is 2.61. The zero-order valence-electron chi connectivity index (χ0n) is 10.9. The van der Waals surface area contributed by atoms with Crippen LogP contribution in [0.25, 0.3) is 0 Å². The van der Waals surface area contributed by atoms with Gasteiger partial charge in [0.05, 0.1) is 10.6 Å². The van der Waals surface area contributed by atoms with Crippen LogP contribution in [0.3, 0.4) is 0 Å². The van der Waals surface area contributed by atoms with Gasteiger partial charge in [0.25, 0.3) is 5.91 Å². The molecule has 0 aliphatic heterocycles. The smallest absolute Gasteiger partial charge is 0.252 e. The lowest BCUT2D eigenvalue weighted by atomic mass is 10.2. The molecule has 0 aliphatic carbocycles. The van der Waals surface area contributed by atoms with Crippen LogP contribution in [0.15, 0.2) is 24.4 Å². The van der Waals surface area contributed by atoms with Gasteiger partial charge >= 0.3 is 0 Å². The molecule has 1 aromatic heterocycles. The van der Waals surface area contributed by atoms with Gasteiger partial charge < -0.3 is 10.3 Å². The highest BCUT2D eigenvalue weighted by Gasteiger charge is 2.13. The Kier molecular flexibility index (Phi) is 5.62. The van der Waals surface area contributed by atoms with Gasteiger partial charge in [-0.1, -0.05) is 11.6 Å². The number of carbonyl (C=O) groups excluding carboxylic acids is 1. The van der Waals surface area contributed by atoms with Gasteiger partial charge in [-0.3, -0.25) is 10.2 Å². The Morgan fingerprint density at radius 1 is 1.23 bits per heavy atom. The van der Waals surface area contributed by atoms with Crippen molar-refractivity contribution in [3.05, 3.63) is 63.5 Å². The lowest BCUT2D eigenvalue weighted by Crippen LogP contribution is -2.29. The number of nitrogens with one attached hydrogen (secondary N) is 1. The summed E-state index contributed by atoms with van der Waals surface area (Å²) in [5.41, 5.74) is 4.78. The summed E-state index contributed by atoms with van der Waals surface area (Å²) in [5, 5.41) is 7.94. The summed E-state index contributed by atoms with van der Waals surface area (Å²) in [6.45, 7) is -0.173. The number of rotatable bonds is 3. The first kappa shape index (κ1) is 18.1. The quantitative estimate of drug-likeness (QED) is 0.819. The molecule has 22 heavy (non-hydrogen) atoms. The van der Waals surface area contributed by atoms with Crippen LogP contribution in [-0.4, -0.2) is 10.5 Å². The summed E-state index contributed by atoms with van der Waals surface area (Å²) < 4.78 is 40.4. The molecule has 0 atom stereocenters. The van der Waals surface area contributed by atoms with E-state index < -0.39 is 23.4 Å². The first-order valence-corrected chi connectivity index (χ1v) is 6.05. The second-order valence-electron chi connectivity index (χ2n) is 4.29. The van der Waals surface area contributed by atoms with Crippen molar-refractivity contribution in [1.82, 2.24) is 4.57 Å². The minimum Gasteiger partial charge on any atom is -0.365 e. The topological polar surface area (TPSA) is 71.9 Å². The number of halogens is 5. The number of pyridine rings is 1. The van der Waals surface area contributed by atoms with Gasteiger partial charge in [-0.15, -0.1) is 12.4 Å². The van der Waals surface area contributed by atoms with Crippen LogP contribution in [0.4, 0.5) is 13.2 Å². The molecule has 0 unspecified atom stereocenters. The Bertz CT molecular complexity index is 770. The molecule has 3 N–H and O–H groups in total. The molecule has 2 rings (SSSR count). The summed E-state index contributed by atoms with van der Waals surface area (Å²) >= 11 is 5.80. The molecule has 9 heteroatoms. The van der Waals surface area contributed by atoms with Crippen LogP contribution in [-0.2, 0) is 6.54 Å². The fourth-order valence-corrected chi connectivity index (χ4v) is 2.05. The summed E-state index contributed by atoms with van der Waals surface area (Å²) in [6.07, 6.45) is 1.30. The number of primary amides is 1. The van der Waals surface area contributed by atoms with Gasteiger partial charge in [0, 0.05) is 12.7 Å². The number of hydrogen-bond acceptors (Lipinski definition) is 2. The molecular weight excluding hydrogens is 342 g/mol. The van der Waals surface area contributed by atoms with Crippen molar-refractivity contribution in [2.75, 3.05) is 0 Å². The predicted molar refractivity (Wildman–Crippen MR) is 76.5 cm³/mol. The number of nitrogens with zero attached hydrogens (tertiary/aromatic N) is 1. The second-order valence-corrected chi connectivity index (χ2v) is 4.72. The molecule has 1 heterocycles. The molecule has 0 saturated heterocycles. The molecular formula is C13H10Cl2F3N3O. The van der Waals surface area contributed by atoms with E-state index in [-0.39, 0.29) is 40.6 Å². The molecule has 0 spiro atoms. The zero-order valence-corrected chi connectivity index (χ0v) is 12.4. The molecule has 0 radical (unpaired) electrons. The van der Waals surface area contributed by atoms with Crippen molar-refractivity contribution in [2.45, 2.75) is 6.54 Å². The Morgan fingerprint density at radius 2 is 1.77 bits per heavy atom. The van der Waals surface area contributed by atoms with Gasteiger partial charge in [0.1, 0.15) is 5.49 Å². The maximum absolute atomic E-state index is 13.2. The largest absolute Gasteiger partial charge is 0.365 e. The standard InChI is InChI=1S/C13H9ClF3N3O.ClH/c14-7-3-8(13(19)21)12(18)20(5-7)4-6-1-9(15)11(17)10(16)2-6;/h1-3,5,18H,4H2,(H2,19,21);1H. The van der Waals surface area contributed by atoms with Crippen LogP contribution in [0.5, 0.6) is 0 Å². The van der Waals surface area contributed by atoms with E-state index >= 15 is 0 Å². The van der Waals surface area contributed by atoms with E-state index in [0.717, 1.165) is 12.1 Å². The monoisotopic (exact) mass is 351 g/mol. The van der Waals surface area contributed by atoms with Crippen molar-refractivity contribution in [1.29, 1.82) is 5.41 Å². The van der Waals surface area contributed by atoms with Crippen LogP contribution < -0.4 is 11.2 Å². The highest BCUT2D eigenvalue weighted by Crippen LogP contribution is 2.15. The molecule has 118 valence electrons. The van der Waals surface area contributed by atoms with Crippen LogP contribution >= 0.6 is 24.0 Å². The van der Waals surface area contributed by atoms with Crippen molar-refractivity contribution in [3.63, 3.8) is 0 Å². The van der Waals surface area contributed by atoms with Crippen LogP contribution in [0.2, 0.25) is 5.02 Å². The number of hydrogen-bond donors (Lipinski definition) is 2. The van der Waals surface area contributed by atoms with E-state index in [0.29, 0.717) is 0 Å². The van der Waals surface area contributed by atoms with E-state index in [1.807, 2.05) is 0 Å². The molecule has 0 aliphatic rings. The average molecular weight is 352 g/mol. The maximum atomic E-state index is 13.2. The van der Waals surface area contributed by atoms with Gasteiger partial charge in [0.2, 0.25) is 0 Å². The SMILES string of the molecule is Cl.N=c1c(C(N)=O)cc(Cl)cn1Cc1cc(F)c(F)c(F)c1. The van der Waals surface area contributed by atoms with Crippen LogP contribution in [0, 0.1) is 22.9 Å². The fourth-order valence-electron chi connectivity index (χ4n) is 1.82. The highest BCUT2D eigenvalue weighted by atomic mass is 35.5. The lowest BCUT2D eigenvalue weighted by Gasteiger charge is -2.10. The molecule has 0 fully saturated rings.